The second-order valence-electron chi connectivity index (χ2n) is 19.8. The lowest BCUT2D eigenvalue weighted by molar-refractivity contribution is -0.258. The number of aliphatic hydroxyl groups excluding tert-OH is 2. The molecule has 0 radical (unpaired) electrons. The summed E-state index contributed by atoms with van der Waals surface area (Å²) in [6.07, 6.45) is 14.9. The van der Waals surface area contributed by atoms with E-state index in [0.29, 0.717) is 55.2 Å². The van der Waals surface area contributed by atoms with Crippen molar-refractivity contribution in [2.24, 2.45) is 28.8 Å². The molecule has 2 N–H and O–H groups in total. The van der Waals surface area contributed by atoms with Gasteiger partial charge in [0.25, 0.3) is 0 Å². The molecule has 10 heteroatoms. The fourth-order valence-electron chi connectivity index (χ4n) is 12.0. The van der Waals surface area contributed by atoms with Gasteiger partial charge in [0.2, 0.25) is 11.7 Å². The topological polar surface area (TPSA) is 110 Å². The minimum Gasteiger partial charge on any atom is -0.489 e. The molecule has 6 atom stereocenters. The van der Waals surface area contributed by atoms with E-state index in [4.69, 9.17) is 24.2 Å². The number of oxime groups is 1. The Morgan fingerprint density at radius 2 is 1.59 bits per heavy atom. The zero-order valence-electron chi connectivity index (χ0n) is 40.4. The van der Waals surface area contributed by atoms with Crippen LogP contribution in [0.3, 0.4) is 0 Å². The Hall–Kier alpha value is -5.81. The van der Waals surface area contributed by atoms with Crippen LogP contribution in [0.2, 0.25) is 0 Å². The van der Waals surface area contributed by atoms with E-state index in [1.54, 1.807) is 24.3 Å². The van der Waals surface area contributed by atoms with Crippen molar-refractivity contribution in [2.45, 2.75) is 121 Å². The highest BCUT2D eigenvalue weighted by molar-refractivity contribution is 6.03. The molecule has 0 spiro atoms. The van der Waals surface area contributed by atoms with E-state index < -0.39 is 17.7 Å². The number of hydrogen-bond acceptors (Lipinski definition) is 8. The molecular weight excluding hydrogens is 880 g/mol. The highest BCUT2D eigenvalue weighted by Crippen LogP contribution is 2.62. The number of aliphatic hydroxyl groups is 2. The fourth-order valence-corrected chi connectivity index (χ4v) is 12.0. The lowest BCUT2D eigenvalue weighted by atomic mass is 9.55. The van der Waals surface area contributed by atoms with Gasteiger partial charge in [-0.3, -0.25) is 4.79 Å². The predicted molar refractivity (Wildman–Crippen MR) is 273 cm³/mol. The number of benzene rings is 5. The van der Waals surface area contributed by atoms with Gasteiger partial charge in [-0.25, -0.2) is 4.39 Å². The second kappa shape index (κ2) is 23.4. The van der Waals surface area contributed by atoms with Crippen LogP contribution in [0, 0.1) is 29.5 Å². The largest absolute Gasteiger partial charge is 0.489 e. The van der Waals surface area contributed by atoms with Gasteiger partial charge < -0.3 is 34.2 Å². The van der Waals surface area contributed by atoms with Crippen molar-refractivity contribution < 1.29 is 38.4 Å². The zero-order valence-corrected chi connectivity index (χ0v) is 40.4. The van der Waals surface area contributed by atoms with Gasteiger partial charge in [-0.2, -0.15) is 0 Å². The maximum atomic E-state index is 15.5. The molecule has 5 aromatic carbocycles. The van der Waals surface area contributed by atoms with Gasteiger partial charge in [0.05, 0.1) is 18.2 Å². The number of amides is 1. The summed E-state index contributed by atoms with van der Waals surface area (Å²) in [5.41, 5.74) is 5.14. The first kappa shape index (κ1) is 49.2. The first-order chi connectivity index (χ1) is 34.4. The molecule has 9 nitrogen and oxygen atoms in total. The SMILES string of the molecule is C=CCO[C@@]12Oc3ccc(OCc4ccccc4F)cc3[C@H]3[C@H](CCCCO)[C@@H](CCCCO)C=C(C(=NOCc4ccccc4)C[C@@H]1N(Cc1cccc4ccccc14)C(=O)CCC1CCCC1)[C@H]32. The quantitative estimate of drug-likeness (QED) is 0.0381. The van der Waals surface area contributed by atoms with Gasteiger partial charge in [-0.05, 0) is 102 Å². The van der Waals surface area contributed by atoms with Crippen LogP contribution in [0.5, 0.6) is 11.5 Å². The molecule has 3 aliphatic carbocycles. The van der Waals surface area contributed by atoms with Crippen LogP contribution < -0.4 is 9.47 Å². The van der Waals surface area contributed by atoms with Crippen molar-refractivity contribution in [3.8, 4) is 11.5 Å². The Bertz CT molecular complexity index is 2610. The van der Waals surface area contributed by atoms with E-state index >= 15 is 4.79 Å². The number of hydrogen-bond donors (Lipinski definition) is 2. The van der Waals surface area contributed by atoms with E-state index in [9.17, 15) is 14.6 Å². The standard InChI is InChI=1S/C60H69FN2O7/c1-2-35-68-60-56(63(57(66)32-29-42-17-6-7-18-42)39-46-25-16-24-44-21-8-10-26-49(44)46)38-54(62-69-40-43-19-4-3-5-20-43)51-36-45(22-12-14-33-64)50(27-13-15-34-65)58(59(51)60)52-37-48(30-31-55(52)70-60)67-41-47-23-9-11-28-53(47)61/h2-5,8-11,16,19-21,23-26,28,30-31,36-37,42,45,50,56,58-59,64-65H,1,6-7,12-15,17-18,22,27,29,32-35,38-41H2/t45-,50+,56-,58+,59+,60+/m0/s1. The van der Waals surface area contributed by atoms with Crippen LogP contribution in [0.15, 0.2) is 145 Å². The number of allylic oxidation sites excluding steroid dienone is 1. The number of rotatable bonds is 23. The lowest BCUT2D eigenvalue weighted by Crippen LogP contribution is -2.70. The molecule has 2 fully saturated rings. The van der Waals surface area contributed by atoms with Gasteiger partial charge >= 0.3 is 0 Å². The normalized spacial score (nSPS) is 23.3. The van der Waals surface area contributed by atoms with E-state index in [2.05, 4.69) is 55.1 Å². The number of fused-ring (bicyclic) bond motifs is 3. The number of nitrogens with zero attached hydrogens (tertiary/aromatic N) is 2. The molecule has 2 saturated carbocycles. The molecule has 0 aromatic heterocycles. The molecule has 70 heavy (non-hydrogen) atoms. The maximum Gasteiger partial charge on any atom is 0.239 e. The Balaban J connectivity index is 1.23. The van der Waals surface area contributed by atoms with Crippen LogP contribution in [0.25, 0.3) is 10.8 Å². The van der Waals surface area contributed by atoms with Crippen molar-refractivity contribution in [2.75, 3.05) is 19.8 Å². The van der Waals surface area contributed by atoms with Gasteiger partial charge in [-0.15, -0.1) is 6.58 Å². The Morgan fingerprint density at radius 1 is 0.843 bits per heavy atom. The first-order valence-corrected chi connectivity index (χ1v) is 25.8. The monoisotopic (exact) mass is 949 g/mol. The summed E-state index contributed by atoms with van der Waals surface area (Å²) >= 11 is 0. The third-order valence-electron chi connectivity index (χ3n) is 15.4. The average Bonchev–Trinajstić information content (AvgIpc) is 3.92. The summed E-state index contributed by atoms with van der Waals surface area (Å²) in [5, 5.41) is 27.4. The zero-order chi connectivity index (χ0) is 48.3. The van der Waals surface area contributed by atoms with Crippen molar-refractivity contribution >= 4 is 22.4 Å². The molecular formula is C60H69FN2O7. The van der Waals surface area contributed by atoms with Crippen molar-refractivity contribution in [3.63, 3.8) is 0 Å². The third kappa shape index (κ3) is 10.9. The maximum absolute atomic E-state index is 15.5. The highest BCUT2D eigenvalue weighted by atomic mass is 19.1. The average molecular weight is 949 g/mol. The molecule has 0 bridgehead atoms. The molecule has 4 aliphatic rings. The minimum absolute atomic E-state index is 0.0324. The second-order valence-corrected chi connectivity index (χ2v) is 19.8. The Labute approximate surface area is 413 Å². The van der Waals surface area contributed by atoms with E-state index in [1.807, 2.05) is 53.4 Å². The molecule has 9 rings (SSSR count). The molecule has 1 amide bonds. The van der Waals surface area contributed by atoms with Gasteiger partial charge in [0.15, 0.2) is 0 Å². The van der Waals surface area contributed by atoms with Crippen LogP contribution in [0.1, 0.15) is 112 Å². The van der Waals surface area contributed by atoms with Crippen molar-refractivity contribution in [3.05, 3.63) is 168 Å². The Morgan fingerprint density at radius 3 is 2.39 bits per heavy atom. The molecule has 368 valence electrons. The minimum atomic E-state index is -1.41. The fraction of sp³-hybridized carbons (Fsp3) is 0.433. The number of carbonyl (C=O) groups is 1. The van der Waals surface area contributed by atoms with Crippen LogP contribution in [-0.2, 0) is 34.1 Å². The summed E-state index contributed by atoms with van der Waals surface area (Å²) in [4.78, 5) is 24.0. The molecule has 0 unspecified atom stereocenters. The summed E-state index contributed by atoms with van der Waals surface area (Å²) in [7, 11) is 0. The van der Waals surface area contributed by atoms with E-state index in [1.165, 1.54) is 18.9 Å². The number of ether oxygens (including phenoxy) is 3. The first-order valence-electron chi connectivity index (χ1n) is 25.8. The molecule has 1 heterocycles. The van der Waals surface area contributed by atoms with Gasteiger partial charge in [0, 0.05) is 49.6 Å². The van der Waals surface area contributed by atoms with Gasteiger partial charge in [0.1, 0.15) is 36.6 Å². The Kier molecular flexibility index (Phi) is 16.4. The predicted octanol–water partition coefficient (Wildman–Crippen LogP) is 12.4. The molecule has 0 saturated heterocycles. The lowest BCUT2D eigenvalue weighted by Gasteiger charge is -2.60. The number of unbranched alkanes of at least 4 members (excludes halogenated alkanes) is 2. The van der Waals surface area contributed by atoms with Crippen LogP contribution in [-0.4, -0.2) is 58.4 Å². The van der Waals surface area contributed by atoms with Crippen LogP contribution in [0.4, 0.5) is 4.39 Å². The number of halogens is 1. The summed E-state index contributed by atoms with van der Waals surface area (Å²) < 4.78 is 36.3. The van der Waals surface area contributed by atoms with Crippen molar-refractivity contribution in [1.29, 1.82) is 0 Å². The highest BCUT2D eigenvalue weighted by Gasteiger charge is 2.65. The van der Waals surface area contributed by atoms with E-state index in [0.717, 1.165) is 83.7 Å². The van der Waals surface area contributed by atoms with E-state index in [-0.39, 0.29) is 62.5 Å². The van der Waals surface area contributed by atoms with Crippen LogP contribution >= 0.6 is 0 Å². The summed E-state index contributed by atoms with van der Waals surface area (Å²) in [6, 6.07) is 36.5. The molecule has 1 aliphatic heterocycles. The summed E-state index contributed by atoms with van der Waals surface area (Å²) in [6.45, 7) is 5.12. The van der Waals surface area contributed by atoms with Crippen molar-refractivity contribution in [1.82, 2.24) is 4.90 Å². The number of carbonyl (C=O) groups excluding carboxylic acids is 1. The smallest absolute Gasteiger partial charge is 0.239 e. The van der Waals surface area contributed by atoms with Gasteiger partial charge in [-0.1, -0.05) is 147 Å². The third-order valence-corrected chi connectivity index (χ3v) is 15.4. The summed E-state index contributed by atoms with van der Waals surface area (Å²) in [5.74, 6) is -0.591. The molecule has 5 aromatic rings.